The van der Waals surface area contributed by atoms with Crippen LogP contribution in [0.2, 0.25) is 0 Å². The lowest BCUT2D eigenvalue weighted by Gasteiger charge is -2.28. The molecule has 0 saturated heterocycles. The predicted octanol–water partition coefficient (Wildman–Crippen LogP) is 9.54. The van der Waals surface area contributed by atoms with Gasteiger partial charge >= 0.3 is 0 Å². The van der Waals surface area contributed by atoms with Gasteiger partial charge in [0, 0.05) is 0 Å². The Morgan fingerprint density at radius 2 is 0.756 bits per heavy atom. The molecule has 0 N–H and O–H groups in total. The van der Waals surface area contributed by atoms with E-state index in [9.17, 15) is 0 Å². The number of benzene rings is 5. The molecule has 0 aliphatic heterocycles. The molecule has 0 heterocycles. The third-order valence-electron chi connectivity index (χ3n) is 8.59. The summed E-state index contributed by atoms with van der Waals surface area (Å²) < 4.78 is 0. The van der Waals surface area contributed by atoms with Gasteiger partial charge in [0.1, 0.15) is 0 Å². The second-order valence-electron chi connectivity index (χ2n) is 12.3. The van der Waals surface area contributed by atoms with E-state index in [-0.39, 0.29) is 0 Å². The number of hydrogen-bond donors (Lipinski definition) is 0. The summed E-state index contributed by atoms with van der Waals surface area (Å²) in [5, 5.41) is 8.83. The number of aryl methyl sites for hydroxylation is 4. The molecule has 2 heteroatoms. The van der Waals surface area contributed by atoms with Crippen LogP contribution >= 0.6 is 15.8 Å². The van der Waals surface area contributed by atoms with Crippen LogP contribution < -0.4 is 31.8 Å². The van der Waals surface area contributed by atoms with E-state index >= 15 is 0 Å². The lowest BCUT2D eigenvalue weighted by atomic mass is 10.1. The van der Waals surface area contributed by atoms with Crippen molar-refractivity contribution in [2.45, 2.75) is 85.5 Å². The van der Waals surface area contributed by atoms with Crippen molar-refractivity contribution in [2.24, 2.45) is 0 Å². The second kappa shape index (κ2) is 17.0. The SMILES string of the molecule is CCCCc1cccc(P(c2cccc(C)c2)c2ccccc2P(c2cccc(CCCC)c2)c2cccc(CCCC)c2)c1. The van der Waals surface area contributed by atoms with Crippen LogP contribution in [-0.2, 0) is 19.3 Å². The van der Waals surface area contributed by atoms with Crippen molar-refractivity contribution < 1.29 is 0 Å². The highest BCUT2D eigenvalue weighted by molar-refractivity contribution is 7.85. The Labute approximate surface area is 275 Å². The first-order valence-electron chi connectivity index (χ1n) is 17.1. The maximum atomic E-state index is 2.52. The van der Waals surface area contributed by atoms with Gasteiger partial charge in [-0.15, -0.1) is 0 Å². The van der Waals surface area contributed by atoms with Crippen LogP contribution in [0.5, 0.6) is 0 Å². The summed E-state index contributed by atoms with van der Waals surface area (Å²) in [7, 11) is -1.50. The first kappa shape index (κ1) is 33.3. The van der Waals surface area contributed by atoms with E-state index < -0.39 is 15.8 Å². The van der Waals surface area contributed by atoms with Gasteiger partial charge in [-0.25, -0.2) is 0 Å². The van der Waals surface area contributed by atoms with E-state index in [1.54, 1.807) is 0 Å². The molecule has 232 valence electrons. The molecule has 5 aromatic rings. The van der Waals surface area contributed by atoms with Crippen molar-refractivity contribution in [3.8, 4) is 0 Å². The molecule has 0 aromatic heterocycles. The van der Waals surface area contributed by atoms with Gasteiger partial charge in [0.25, 0.3) is 0 Å². The average Bonchev–Trinajstić information content (AvgIpc) is 3.07. The number of hydrogen-bond acceptors (Lipinski definition) is 0. The largest absolute Gasteiger partial charge is 0.0654 e. The van der Waals surface area contributed by atoms with Gasteiger partial charge in [0.15, 0.2) is 0 Å². The van der Waals surface area contributed by atoms with Crippen LogP contribution in [0.1, 0.15) is 81.5 Å². The van der Waals surface area contributed by atoms with Gasteiger partial charge < -0.3 is 0 Å². The van der Waals surface area contributed by atoms with Crippen molar-refractivity contribution in [2.75, 3.05) is 0 Å². The molecule has 0 nitrogen and oxygen atoms in total. The Kier molecular flexibility index (Phi) is 12.6. The highest BCUT2D eigenvalue weighted by atomic mass is 31.1. The van der Waals surface area contributed by atoms with Gasteiger partial charge in [0.2, 0.25) is 0 Å². The van der Waals surface area contributed by atoms with Crippen molar-refractivity contribution in [1.29, 1.82) is 0 Å². The van der Waals surface area contributed by atoms with E-state index in [2.05, 4.69) is 149 Å². The van der Waals surface area contributed by atoms with E-state index in [0.717, 1.165) is 19.3 Å². The van der Waals surface area contributed by atoms with Crippen molar-refractivity contribution in [3.05, 3.63) is 144 Å². The Morgan fingerprint density at radius 3 is 1.11 bits per heavy atom. The minimum absolute atomic E-state index is 0.745. The smallest absolute Gasteiger partial charge is 0.00675 e. The highest BCUT2D eigenvalue weighted by Crippen LogP contribution is 2.40. The molecule has 5 aromatic carbocycles. The molecule has 5 rings (SSSR count). The lowest BCUT2D eigenvalue weighted by Crippen LogP contribution is -2.34. The van der Waals surface area contributed by atoms with Crippen molar-refractivity contribution in [3.63, 3.8) is 0 Å². The first-order valence-corrected chi connectivity index (χ1v) is 19.8. The Hall–Kier alpha value is -3.04. The van der Waals surface area contributed by atoms with E-state index in [1.165, 1.54) is 92.6 Å². The van der Waals surface area contributed by atoms with Crippen molar-refractivity contribution in [1.82, 2.24) is 0 Å². The van der Waals surface area contributed by atoms with Crippen molar-refractivity contribution >= 4 is 47.7 Å². The molecule has 1 unspecified atom stereocenters. The molecule has 0 saturated carbocycles. The Morgan fingerprint density at radius 1 is 0.400 bits per heavy atom. The molecule has 0 aliphatic rings. The fraction of sp³-hybridized carbons (Fsp3) is 0.302. The summed E-state index contributed by atoms with van der Waals surface area (Å²) in [4.78, 5) is 0. The summed E-state index contributed by atoms with van der Waals surface area (Å²) in [5.41, 5.74) is 5.72. The molecule has 0 spiro atoms. The summed E-state index contributed by atoms with van der Waals surface area (Å²) in [6, 6.07) is 47.4. The topological polar surface area (TPSA) is 0 Å². The molecular weight excluding hydrogens is 578 g/mol. The summed E-state index contributed by atoms with van der Waals surface area (Å²) in [6.45, 7) is 9.10. The van der Waals surface area contributed by atoms with Crippen LogP contribution in [-0.4, -0.2) is 0 Å². The Balaban J connectivity index is 1.72. The van der Waals surface area contributed by atoms with Crippen LogP contribution in [0.25, 0.3) is 0 Å². The van der Waals surface area contributed by atoms with Gasteiger partial charge in [-0.1, -0.05) is 167 Å². The summed E-state index contributed by atoms with van der Waals surface area (Å²) in [6.07, 6.45) is 10.8. The fourth-order valence-corrected chi connectivity index (χ4v) is 11.7. The second-order valence-corrected chi connectivity index (χ2v) is 16.7. The Bertz CT molecular complexity index is 1600. The van der Waals surface area contributed by atoms with Gasteiger partial charge in [0.05, 0.1) is 0 Å². The minimum atomic E-state index is -0.751. The molecule has 0 radical (unpaired) electrons. The zero-order chi connectivity index (χ0) is 31.4. The zero-order valence-corrected chi connectivity index (χ0v) is 29.6. The standard InChI is InChI=1S/C43H50P2/c1-5-8-18-35-21-14-25-39(31-35)44(38-24-13-17-34(4)30-38)42-28-11-12-29-43(42)45(40-26-15-22-36(32-40)19-9-6-2)41-27-16-23-37(33-41)20-10-7-3/h11-17,21-33H,5-10,18-20H2,1-4H3. The average molecular weight is 629 g/mol. The zero-order valence-electron chi connectivity index (χ0n) is 27.8. The number of unbranched alkanes of at least 4 members (excludes halogenated alkanes) is 3. The quantitative estimate of drug-likeness (QED) is 0.101. The van der Waals surface area contributed by atoms with Crippen LogP contribution in [0.4, 0.5) is 0 Å². The predicted molar refractivity (Wildman–Crippen MR) is 204 cm³/mol. The fourth-order valence-electron chi connectivity index (χ4n) is 6.16. The minimum Gasteiger partial charge on any atom is -0.0654 e. The molecule has 45 heavy (non-hydrogen) atoms. The first-order chi connectivity index (χ1) is 22.1. The summed E-state index contributed by atoms with van der Waals surface area (Å²) in [5.74, 6) is 0. The maximum absolute atomic E-state index is 2.52. The van der Waals surface area contributed by atoms with E-state index in [0.29, 0.717) is 0 Å². The van der Waals surface area contributed by atoms with Gasteiger partial charge in [-0.3, -0.25) is 0 Å². The maximum Gasteiger partial charge on any atom is -0.00675 e. The number of rotatable bonds is 15. The molecular formula is C43H50P2. The lowest BCUT2D eigenvalue weighted by molar-refractivity contribution is 0.795. The normalized spacial score (nSPS) is 12.0. The van der Waals surface area contributed by atoms with Gasteiger partial charge in [-0.2, -0.15) is 0 Å². The molecule has 0 bridgehead atoms. The molecule has 0 aliphatic carbocycles. The third-order valence-corrected chi connectivity index (χ3v) is 13.7. The van der Waals surface area contributed by atoms with Crippen LogP contribution in [0, 0.1) is 6.92 Å². The molecule has 1 atom stereocenters. The van der Waals surface area contributed by atoms with Gasteiger partial charge in [-0.05, 0) is 110 Å². The van der Waals surface area contributed by atoms with E-state index in [1.807, 2.05) is 0 Å². The highest BCUT2D eigenvalue weighted by Gasteiger charge is 2.26. The third kappa shape index (κ3) is 8.82. The summed E-state index contributed by atoms with van der Waals surface area (Å²) >= 11 is 0. The molecule has 0 amide bonds. The van der Waals surface area contributed by atoms with E-state index in [4.69, 9.17) is 0 Å². The van der Waals surface area contributed by atoms with Crippen LogP contribution in [0.3, 0.4) is 0 Å². The molecule has 0 fully saturated rings. The van der Waals surface area contributed by atoms with Crippen LogP contribution in [0.15, 0.2) is 121 Å². The monoisotopic (exact) mass is 628 g/mol.